The summed E-state index contributed by atoms with van der Waals surface area (Å²) in [7, 11) is 1.52. The van der Waals surface area contributed by atoms with Crippen molar-refractivity contribution >= 4 is 17.9 Å². The monoisotopic (exact) mass is 303 g/mol. The molecule has 0 bridgehead atoms. The third-order valence-electron chi connectivity index (χ3n) is 3.18. The first-order valence-electron chi connectivity index (χ1n) is 6.94. The fraction of sp³-hybridized carbons (Fsp3) is 0.769. The number of primary amides is 1. The van der Waals surface area contributed by atoms with E-state index in [9.17, 15) is 14.4 Å². The Hall–Kier alpha value is -1.83. The van der Waals surface area contributed by atoms with Crippen molar-refractivity contribution in [2.24, 2.45) is 5.73 Å². The molecule has 4 N–H and O–H groups in total. The Kier molecular flexibility index (Phi) is 9.11. The zero-order valence-corrected chi connectivity index (χ0v) is 12.8. The Morgan fingerprint density at radius 2 is 1.86 bits per heavy atom. The molecule has 0 aliphatic heterocycles. The first kappa shape index (κ1) is 19.2. The summed E-state index contributed by atoms with van der Waals surface area (Å²) in [5.74, 6) is -2.08. The summed E-state index contributed by atoms with van der Waals surface area (Å²) in [4.78, 5) is 35.7. The number of ether oxygens (including phenoxy) is 1. The number of hydrogen-bond acceptors (Lipinski definition) is 4. The second-order valence-corrected chi connectivity index (χ2v) is 4.67. The molecule has 8 nitrogen and oxygen atoms in total. The number of nitrogens with one attached hydrogen (secondary N) is 1. The van der Waals surface area contributed by atoms with Crippen LogP contribution in [0.15, 0.2) is 0 Å². The Bertz CT molecular complexity index is 358. The number of nitrogens with two attached hydrogens (primary N) is 1. The Morgan fingerprint density at radius 1 is 1.29 bits per heavy atom. The molecule has 0 fully saturated rings. The summed E-state index contributed by atoms with van der Waals surface area (Å²) >= 11 is 0. The van der Waals surface area contributed by atoms with Gasteiger partial charge in [0, 0.05) is 19.7 Å². The molecule has 0 aromatic carbocycles. The van der Waals surface area contributed by atoms with Crippen molar-refractivity contribution in [2.75, 3.05) is 20.3 Å². The van der Waals surface area contributed by atoms with Gasteiger partial charge in [-0.25, -0.2) is 9.59 Å². The Balaban J connectivity index is 4.91. The zero-order valence-electron chi connectivity index (χ0n) is 12.8. The molecule has 0 aliphatic carbocycles. The van der Waals surface area contributed by atoms with E-state index in [2.05, 4.69) is 5.32 Å². The van der Waals surface area contributed by atoms with Gasteiger partial charge in [-0.2, -0.15) is 0 Å². The third kappa shape index (κ3) is 6.94. The number of aliphatic carboxylic acids is 1. The van der Waals surface area contributed by atoms with Crippen molar-refractivity contribution in [3.63, 3.8) is 0 Å². The second-order valence-electron chi connectivity index (χ2n) is 4.67. The zero-order chi connectivity index (χ0) is 16.4. The molecular formula is C13H25N3O5. The van der Waals surface area contributed by atoms with Crippen LogP contribution in [0.25, 0.3) is 0 Å². The summed E-state index contributed by atoms with van der Waals surface area (Å²) in [6.07, 6.45) is 1.03. The standard InChI is InChI=1S/C13H25N3O5/c1-4-9(5-2)16(6-7-21-3)13(20)15-10(12(18)19)8-11(14)17/h9-10H,4-8H2,1-3H3,(H2,14,17)(H,15,20)(H,18,19)/t10-/m0/s1. The highest BCUT2D eigenvalue weighted by Crippen LogP contribution is 2.09. The molecule has 0 radical (unpaired) electrons. The van der Waals surface area contributed by atoms with E-state index in [1.54, 1.807) is 0 Å². The fourth-order valence-corrected chi connectivity index (χ4v) is 2.00. The molecule has 122 valence electrons. The highest BCUT2D eigenvalue weighted by molar-refractivity contribution is 5.87. The van der Waals surface area contributed by atoms with Crippen LogP contribution in [-0.2, 0) is 14.3 Å². The number of carbonyl (C=O) groups excluding carboxylic acids is 2. The molecule has 0 spiro atoms. The maximum atomic E-state index is 12.2. The molecule has 0 saturated carbocycles. The van der Waals surface area contributed by atoms with Crippen LogP contribution in [0.1, 0.15) is 33.1 Å². The lowest BCUT2D eigenvalue weighted by Gasteiger charge is -2.31. The normalized spacial score (nSPS) is 12.0. The van der Waals surface area contributed by atoms with Crippen molar-refractivity contribution < 1.29 is 24.2 Å². The average molecular weight is 303 g/mol. The number of rotatable bonds is 10. The SMILES string of the molecule is CCC(CC)N(CCOC)C(=O)N[C@@H](CC(N)=O)C(=O)O. The number of hydrogen-bond donors (Lipinski definition) is 3. The average Bonchev–Trinajstić information content (AvgIpc) is 2.41. The molecule has 0 heterocycles. The van der Waals surface area contributed by atoms with Gasteiger partial charge >= 0.3 is 12.0 Å². The number of urea groups is 1. The highest BCUT2D eigenvalue weighted by atomic mass is 16.5. The molecule has 0 aromatic heterocycles. The summed E-state index contributed by atoms with van der Waals surface area (Å²) in [6, 6.07) is -1.88. The lowest BCUT2D eigenvalue weighted by Crippen LogP contribution is -2.52. The van der Waals surface area contributed by atoms with Gasteiger partial charge in [-0.3, -0.25) is 4.79 Å². The van der Waals surface area contributed by atoms with Gasteiger partial charge in [0.25, 0.3) is 0 Å². The minimum Gasteiger partial charge on any atom is -0.480 e. The topological polar surface area (TPSA) is 122 Å². The Morgan fingerprint density at radius 3 is 2.24 bits per heavy atom. The van der Waals surface area contributed by atoms with E-state index in [1.165, 1.54) is 12.0 Å². The predicted molar refractivity (Wildman–Crippen MR) is 76.7 cm³/mol. The summed E-state index contributed by atoms with van der Waals surface area (Å²) in [5, 5.41) is 11.4. The molecule has 8 heteroatoms. The summed E-state index contributed by atoms with van der Waals surface area (Å²) in [6.45, 7) is 4.58. The molecule has 0 saturated heterocycles. The van der Waals surface area contributed by atoms with Crippen LogP contribution < -0.4 is 11.1 Å². The van der Waals surface area contributed by atoms with Crippen LogP contribution >= 0.6 is 0 Å². The lowest BCUT2D eigenvalue weighted by atomic mass is 10.1. The van der Waals surface area contributed by atoms with Gasteiger partial charge in [0.1, 0.15) is 6.04 Å². The van der Waals surface area contributed by atoms with Crippen LogP contribution in [-0.4, -0.2) is 60.3 Å². The first-order chi connectivity index (χ1) is 9.87. The van der Waals surface area contributed by atoms with Gasteiger partial charge in [0.2, 0.25) is 5.91 Å². The minimum absolute atomic E-state index is 0.0248. The number of amides is 3. The molecule has 3 amide bonds. The van der Waals surface area contributed by atoms with E-state index in [0.717, 1.165) is 12.8 Å². The quantitative estimate of drug-likeness (QED) is 0.530. The number of carboxylic acid groups (broad SMARTS) is 1. The van der Waals surface area contributed by atoms with Gasteiger partial charge in [-0.15, -0.1) is 0 Å². The molecule has 0 aromatic rings. The summed E-state index contributed by atoms with van der Waals surface area (Å²) in [5.41, 5.74) is 4.99. The molecule has 0 unspecified atom stereocenters. The fourth-order valence-electron chi connectivity index (χ4n) is 2.00. The van der Waals surface area contributed by atoms with Gasteiger partial charge in [0.05, 0.1) is 13.0 Å². The van der Waals surface area contributed by atoms with Crippen LogP contribution in [0.4, 0.5) is 4.79 Å². The molecule has 21 heavy (non-hydrogen) atoms. The van der Waals surface area contributed by atoms with Gasteiger partial charge in [-0.05, 0) is 12.8 Å². The van der Waals surface area contributed by atoms with Crippen molar-refractivity contribution in [3.8, 4) is 0 Å². The number of carboxylic acids is 1. The largest absolute Gasteiger partial charge is 0.480 e. The van der Waals surface area contributed by atoms with E-state index in [-0.39, 0.29) is 6.04 Å². The first-order valence-corrected chi connectivity index (χ1v) is 6.94. The van der Waals surface area contributed by atoms with Crippen LogP contribution in [0, 0.1) is 0 Å². The van der Waals surface area contributed by atoms with Crippen LogP contribution in [0.5, 0.6) is 0 Å². The highest BCUT2D eigenvalue weighted by Gasteiger charge is 2.27. The van der Waals surface area contributed by atoms with Crippen molar-refractivity contribution in [1.82, 2.24) is 10.2 Å². The van der Waals surface area contributed by atoms with Crippen LogP contribution in [0.2, 0.25) is 0 Å². The van der Waals surface area contributed by atoms with E-state index < -0.39 is 30.4 Å². The maximum absolute atomic E-state index is 12.2. The van der Waals surface area contributed by atoms with Gasteiger partial charge in [0.15, 0.2) is 0 Å². The van der Waals surface area contributed by atoms with Crippen molar-refractivity contribution in [3.05, 3.63) is 0 Å². The van der Waals surface area contributed by atoms with Gasteiger partial charge in [-0.1, -0.05) is 13.8 Å². The number of carbonyl (C=O) groups is 3. The van der Waals surface area contributed by atoms with Crippen LogP contribution in [0.3, 0.4) is 0 Å². The molecule has 1 atom stereocenters. The maximum Gasteiger partial charge on any atom is 0.326 e. The van der Waals surface area contributed by atoms with E-state index >= 15 is 0 Å². The minimum atomic E-state index is -1.32. The third-order valence-corrected chi connectivity index (χ3v) is 3.18. The van der Waals surface area contributed by atoms with Gasteiger partial charge < -0.3 is 25.8 Å². The predicted octanol–water partition coefficient (Wildman–Crippen LogP) is 0.162. The van der Waals surface area contributed by atoms with E-state index in [1.807, 2.05) is 13.8 Å². The molecule has 0 rings (SSSR count). The molecule has 0 aliphatic rings. The van der Waals surface area contributed by atoms with Crippen molar-refractivity contribution in [1.29, 1.82) is 0 Å². The number of methoxy groups -OCH3 is 1. The number of nitrogens with zero attached hydrogens (tertiary/aromatic N) is 1. The Labute approximate surface area is 124 Å². The van der Waals surface area contributed by atoms with E-state index in [4.69, 9.17) is 15.6 Å². The van der Waals surface area contributed by atoms with Crippen molar-refractivity contribution in [2.45, 2.75) is 45.2 Å². The van der Waals surface area contributed by atoms with E-state index in [0.29, 0.717) is 13.2 Å². The second kappa shape index (κ2) is 9.98. The smallest absolute Gasteiger partial charge is 0.326 e. The molecular weight excluding hydrogens is 278 g/mol. The summed E-state index contributed by atoms with van der Waals surface area (Å²) < 4.78 is 4.97. The lowest BCUT2D eigenvalue weighted by molar-refractivity contribution is -0.141.